The number of esters is 1. The fourth-order valence-corrected chi connectivity index (χ4v) is 11.6. The Labute approximate surface area is 370 Å². The summed E-state index contributed by atoms with van der Waals surface area (Å²) < 4.78 is 28.2. The fourth-order valence-electron chi connectivity index (χ4n) is 11.6. The Morgan fingerprint density at radius 1 is 0.762 bits per heavy atom. The molecule has 1 N–H and O–H groups in total. The average Bonchev–Trinajstić information content (AvgIpc) is 3.91. The van der Waals surface area contributed by atoms with Crippen LogP contribution in [-0.2, 0) is 45.9 Å². The van der Waals surface area contributed by atoms with Gasteiger partial charge in [0.05, 0.1) is 53.8 Å². The third-order valence-electron chi connectivity index (χ3n) is 14.2. The number of nitrogens with one attached hydrogen (secondary N) is 1. The van der Waals surface area contributed by atoms with Crippen molar-refractivity contribution in [1.82, 2.24) is 14.5 Å². The van der Waals surface area contributed by atoms with Crippen LogP contribution in [0.3, 0.4) is 0 Å². The SMILES string of the molecule is CCc1cc(CNC(=O)OC(C)(C)C)cc(-c2c(C(=O)OC)c3n4c2C=C2[N+]5=C(CC2(C)C)C(OC)=c2c(C)c(-c6cc(CC)cc(CC)c6)c6n2C45[N+]2=C(C=6)C(C)(C)CC2=C3)c1. The molecule has 0 bridgehead atoms. The van der Waals surface area contributed by atoms with Crippen LogP contribution in [0.5, 0.6) is 0 Å². The maximum absolute atomic E-state index is 14.7. The van der Waals surface area contributed by atoms with Gasteiger partial charge in [0.15, 0.2) is 5.70 Å². The molecule has 0 saturated heterocycles. The van der Waals surface area contributed by atoms with Gasteiger partial charge in [0.25, 0.3) is 0 Å². The zero-order valence-electron chi connectivity index (χ0n) is 39.3. The molecule has 6 aliphatic heterocycles. The number of carbonyl (C=O) groups is 2. The van der Waals surface area contributed by atoms with Gasteiger partial charge in [0, 0.05) is 42.3 Å². The van der Waals surface area contributed by atoms with Crippen molar-refractivity contribution in [1.29, 1.82) is 0 Å². The molecule has 4 aromatic rings. The molecule has 0 aliphatic carbocycles. The van der Waals surface area contributed by atoms with E-state index < -0.39 is 23.6 Å². The van der Waals surface area contributed by atoms with Crippen molar-refractivity contribution in [3.05, 3.63) is 103 Å². The van der Waals surface area contributed by atoms with Crippen LogP contribution in [0.25, 0.3) is 46.2 Å². The third-order valence-corrected chi connectivity index (χ3v) is 14.2. The number of benzene rings is 2. The van der Waals surface area contributed by atoms with E-state index in [1.807, 2.05) is 27.9 Å². The number of nitrogens with zero attached hydrogens (tertiary/aromatic N) is 4. The van der Waals surface area contributed by atoms with E-state index in [4.69, 9.17) is 14.2 Å². The smallest absolute Gasteiger partial charge is 0.489 e. The molecule has 63 heavy (non-hydrogen) atoms. The van der Waals surface area contributed by atoms with Crippen molar-refractivity contribution in [3.63, 3.8) is 0 Å². The van der Waals surface area contributed by atoms with E-state index in [1.54, 1.807) is 0 Å². The molecule has 1 spiro atoms. The number of carbonyl (C=O) groups excluding carboxylic acids is 2. The second-order valence-electron chi connectivity index (χ2n) is 20.5. The van der Waals surface area contributed by atoms with Crippen LogP contribution in [0, 0.1) is 17.8 Å². The highest BCUT2D eigenvalue weighted by Crippen LogP contribution is 2.57. The molecule has 2 aromatic heterocycles. The molecule has 0 radical (unpaired) electrons. The van der Waals surface area contributed by atoms with Crippen LogP contribution in [0.1, 0.15) is 132 Å². The summed E-state index contributed by atoms with van der Waals surface area (Å²) >= 11 is 0. The largest absolute Gasteiger partial charge is 0.553 e. The monoisotopic (exact) mass is 847 g/mol. The second-order valence-corrected chi connectivity index (χ2v) is 20.5. The number of alkyl carbamates (subject to hydrolysis) is 1. The molecule has 8 heterocycles. The first-order valence-electron chi connectivity index (χ1n) is 22.7. The molecule has 10 nitrogen and oxygen atoms in total. The maximum Gasteiger partial charge on any atom is 0.553 e. The first-order chi connectivity index (χ1) is 29.8. The van der Waals surface area contributed by atoms with E-state index in [-0.39, 0.29) is 17.4 Å². The van der Waals surface area contributed by atoms with Crippen LogP contribution >= 0.6 is 0 Å². The summed E-state index contributed by atoms with van der Waals surface area (Å²) in [5, 5.41) is 5.17. The maximum atomic E-state index is 14.7. The Hall–Kier alpha value is -5.90. The van der Waals surface area contributed by atoms with Gasteiger partial charge >= 0.3 is 18.0 Å². The lowest BCUT2D eigenvalue weighted by atomic mass is 9.84. The topological polar surface area (TPSA) is 89.7 Å². The molecular formula is C53H61N5O5+2. The van der Waals surface area contributed by atoms with Gasteiger partial charge in [0.1, 0.15) is 11.0 Å². The molecule has 1 unspecified atom stereocenters. The number of amides is 1. The van der Waals surface area contributed by atoms with Crippen molar-refractivity contribution < 1.29 is 33.0 Å². The minimum atomic E-state index is -1.00. The Morgan fingerprint density at radius 3 is 1.98 bits per heavy atom. The lowest BCUT2D eigenvalue weighted by Gasteiger charge is -2.39. The Bertz CT molecular complexity index is 3020. The van der Waals surface area contributed by atoms with Crippen LogP contribution in [0.15, 0.2) is 47.8 Å². The Kier molecular flexibility index (Phi) is 8.85. The first kappa shape index (κ1) is 41.1. The lowest BCUT2D eigenvalue weighted by molar-refractivity contribution is -0.838. The molecule has 10 heteroatoms. The van der Waals surface area contributed by atoms with E-state index in [0.29, 0.717) is 5.56 Å². The summed E-state index contributed by atoms with van der Waals surface area (Å²) in [6.07, 6.45) is 10.8. The molecule has 0 fully saturated rings. The van der Waals surface area contributed by atoms with E-state index in [0.717, 1.165) is 99.3 Å². The van der Waals surface area contributed by atoms with Crippen LogP contribution < -0.4 is 16.0 Å². The van der Waals surface area contributed by atoms with Gasteiger partial charge in [-0.2, -0.15) is 9.13 Å². The Morgan fingerprint density at radius 2 is 1.38 bits per heavy atom. The highest BCUT2D eigenvalue weighted by molar-refractivity contribution is 6.16. The van der Waals surface area contributed by atoms with E-state index in [9.17, 15) is 9.59 Å². The van der Waals surface area contributed by atoms with Crippen molar-refractivity contribution in [2.45, 2.75) is 126 Å². The normalized spacial score (nSPS) is 20.2. The van der Waals surface area contributed by atoms with E-state index in [2.05, 4.69) is 134 Å². The number of aromatic nitrogens is 2. The quantitative estimate of drug-likeness (QED) is 0.135. The van der Waals surface area contributed by atoms with Crippen LogP contribution in [0.4, 0.5) is 4.79 Å². The minimum Gasteiger partial charge on any atom is -0.489 e. The second kappa shape index (κ2) is 13.6. The summed E-state index contributed by atoms with van der Waals surface area (Å²) in [7, 11) is 3.30. The number of ether oxygens (including phenoxy) is 3. The molecule has 2 aromatic carbocycles. The van der Waals surface area contributed by atoms with Gasteiger partial charge in [-0.25, -0.2) is 9.59 Å². The number of hydrogen-bond acceptors (Lipinski definition) is 5. The highest BCUT2D eigenvalue weighted by Gasteiger charge is 2.76. The zero-order valence-corrected chi connectivity index (χ0v) is 39.3. The van der Waals surface area contributed by atoms with Gasteiger partial charge in [-0.05, 0) is 120 Å². The standard InChI is InChI=1S/C53H60N5O5/c1-14-30-17-31(15-2)20-34(19-30)43-29(4)46-47(61-12)40-27-52(10,11)42-25-39-44(35-21-32(16-3)18-33(22-35)28-54-49(60)63-50(5,6)7)45(48(59)62-13)37-23-36-26-51(8,9)41-24-38(43)58(46)53(55(36)41,56(37)39)57(40)42/h17-25H,14-16,26-28H2,1-13H3/q+1/p+1. The van der Waals surface area contributed by atoms with Crippen LogP contribution in [0.2, 0.25) is 0 Å². The summed E-state index contributed by atoms with van der Waals surface area (Å²) in [4.78, 5) is 27.7. The summed E-state index contributed by atoms with van der Waals surface area (Å²) in [5.74, 6) is -0.507. The summed E-state index contributed by atoms with van der Waals surface area (Å²) in [6.45, 7) is 24.1. The summed E-state index contributed by atoms with van der Waals surface area (Å²) in [5.41, 5.74) is 15.8. The number of methoxy groups -OCH3 is 2. The summed E-state index contributed by atoms with van der Waals surface area (Å²) in [6, 6.07) is 13.5. The highest BCUT2D eigenvalue weighted by atomic mass is 16.6. The molecule has 10 rings (SSSR count). The molecule has 1 atom stereocenters. The average molecular weight is 848 g/mol. The van der Waals surface area contributed by atoms with Crippen molar-refractivity contribution in [3.8, 4) is 22.3 Å². The number of hydrogen-bond donors (Lipinski definition) is 1. The predicted octanol–water partition coefficient (Wildman–Crippen LogP) is 8.58. The van der Waals surface area contributed by atoms with Crippen molar-refractivity contribution >= 4 is 47.5 Å². The lowest BCUT2D eigenvalue weighted by Crippen LogP contribution is -2.70. The molecule has 326 valence electrons. The molecular weight excluding hydrogens is 787 g/mol. The van der Waals surface area contributed by atoms with Crippen LogP contribution in [-0.4, -0.2) is 61.6 Å². The van der Waals surface area contributed by atoms with Crippen molar-refractivity contribution in [2.75, 3.05) is 14.2 Å². The van der Waals surface area contributed by atoms with Gasteiger partial charge in [-0.15, -0.1) is 0 Å². The van der Waals surface area contributed by atoms with Gasteiger partial charge in [-0.3, -0.25) is 0 Å². The molecule has 6 aliphatic rings. The van der Waals surface area contributed by atoms with Gasteiger partial charge in [-0.1, -0.05) is 60.3 Å². The van der Waals surface area contributed by atoms with Crippen molar-refractivity contribution in [2.24, 2.45) is 10.8 Å². The molecule has 0 saturated carbocycles. The fraction of sp³-hybridized carbons (Fsp3) is 0.434. The third kappa shape index (κ3) is 5.54. The van der Waals surface area contributed by atoms with E-state index in [1.165, 1.54) is 40.6 Å². The van der Waals surface area contributed by atoms with Gasteiger partial charge in [0.2, 0.25) is 22.9 Å². The number of rotatable bonds is 9. The molecule has 1 amide bonds. The van der Waals surface area contributed by atoms with E-state index >= 15 is 0 Å². The predicted molar refractivity (Wildman–Crippen MR) is 248 cm³/mol. The minimum absolute atomic E-state index is 0.229. The number of allylic oxidation sites excluding steroid dienone is 2. The zero-order chi connectivity index (χ0) is 44.9. The van der Waals surface area contributed by atoms with Gasteiger partial charge < -0.3 is 19.5 Å². The number of aryl methyl sites for hydroxylation is 3. The first-order valence-corrected chi connectivity index (χ1v) is 22.7. The Balaban J connectivity index is 1.36.